The number of amides is 1. The number of rotatable bonds is 7. The van der Waals surface area contributed by atoms with Crippen LogP contribution in [0.15, 0.2) is 54.6 Å². The van der Waals surface area contributed by atoms with Gasteiger partial charge in [0.1, 0.15) is 11.6 Å². The van der Waals surface area contributed by atoms with E-state index in [2.05, 4.69) is 15.5 Å². The summed E-state index contributed by atoms with van der Waals surface area (Å²) in [5.74, 6) is 1.42. The molecule has 0 spiro atoms. The van der Waals surface area contributed by atoms with Gasteiger partial charge in [-0.15, -0.1) is 0 Å². The van der Waals surface area contributed by atoms with Gasteiger partial charge in [0, 0.05) is 56.0 Å². The van der Waals surface area contributed by atoms with Gasteiger partial charge in [0.2, 0.25) is 6.79 Å². The molecule has 0 radical (unpaired) electrons. The zero-order valence-corrected chi connectivity index (χ0v) is 19.6. The third kappa shape index (κ3) is 5.23. The van der Waals surface area contributed by atoms with E-state index in [0.29, 0.717) is 22.6 Å². The molecule has 0 unspecified atom stereocenters. The van der Waals surface area contributed by atoms with Crippen molar-refractivity contribution >= 4 is 5.91 Å². The zero-order valence-electron chi connectivity index (χ0n) is 19.6. The predicted octanol–water partition coefficient (Wildman–Crippen LogP) is 3.57. The van der Waals surface area contributed by atoms with Gasteiger partial charge in [-0.3, -0.25) is 9.69 Å². The zero-order chi connectivity index (χ0) is 24.2. The summed E-state index contributed by atoms with van der Waals surface area (Å²) in [7, 11) is 1.65. The number of piperazine rings is 1. The van der Waals surface area contributed by atoms with Gasteiger partial charge < -0.3 is 24.8 Å². The Bertz CT molecular complexity index is 1230. The summed E-state index contributed by atoms with van der Waals surface area (Å²) < 4.78 is 31.1. The fourth-order valence-electron chi connectivity index (χ4n) is 4.41. The first-order valence-corrected chi connectivity index (χ1v) is 11.7. The summed E-state index contributed by atoms with van der Waals surface area (Å²) in [5, 5.41) is 6.25. The molecule has 5 rings (SSSR count). The minimum Gasteiger partial charge on any atom is -0.496 e. The van der Waals surface area contributed by atoms with E-state index in [1.165, 1.54) is 6.07 Å². The second kappa shape index (κ2) is 10.3. The summed E-state index contributed by atoms with van der Waals surface area (Å²) in [4.78, 5) is 15.0. The molecule has 0 aliphatic carbocycles. The molecule has 0 saturated carbocycles. The molecule has 1 fully saturated rings. The summed E-state index contributed by atoms with van der Waals surface area (Å²) in [6.45, 7) is 4.99. The van der Waals surface area contributed by atoms with Crippen molar-refractivity contribution in [2.45, 2.75) is 13.1 Å². The number of hydrogen-bond acceptors (Lipinski definition) is 6. The summed E-state index contributed by atoms with van der Waals surface area (Å²) in [6, 6.07) is 15.7. The van der Waals surface area contributed by atoms with Gasteiger partial charge in [0.25, 0.3) is 5.91 Å². The molecule has 2 aliphatic rings. The van der Waals surface area contributed by atoms with E-state index in [4.69, 9.17) is 14.2 Å². The van der Waals surface area contributed by atoms with Crippen molar-refractivity contribution in [1.82, 2.24) is 15.5 Å². The minimum atomic E-state index is -0.311. The molecule has 0 bridgehead atoms. The second-order valence-corrected chi connectivity index (χ2v) is 8.62. The number of fused-ring (bicyclic) bond motifs is 1. The number of benzene rings is 3. The number of nitrogens with one attached hydrogen (secondary N) is 2. The second-order valence-electron chi connectivity index (χ2n) is 8.62. The fourth-order valence-corrected chi connectivity index (χ4v) is 4.41. The van der Waals surface area contributed by atoms with E-state index in [0.717, 1.165) is 55.2 Å². The van der Waals surface area contributed by atoms with Crippen molar-refractivity contribution < 1.29 is 23.4 Å². The third-order valence-electron chi connectivity index (χ3n) is 6.31. The molecule has 3 aromatic carbocycles. The highest BCUT2D eigenvalue weighted by Gasteiger charge is 2.17. The molecule has 1 amide bonds. The molecular formula is C27H28FN3O4. The Balaban J connectivity index is 1.32. The Kier molecular flexibility index (Phi) is 6.83. The highest BCUT2D eigenvalue weighted by molar-refractivity contribution is 5.94. The van der Waals surface area contributed by atoms with E-state index in [1.807, 2.05) is 18.2 Å². The van der Waals surface area contributed by atoms with Crippen LogP contribution in [0.4, 0.5) is 4.39 Å². The molecule has 7 nitrogen and oxygen atoms in total. The Labute approximate surface area is 203 Å². The van der Waals surface area contributed by atoms with E-state index in [1.54, 1.807) is 37.4 Å². The Morgan fingerprint density at radius 1 is 1.06 bits per heavy atom. The van der Waals surface area contributed by atoms with Crippen molar-refractivity contribution in [2.75, 3.05) is 40.1 Å². The van der Waals surface area contributed by atoms with Crippen LogP contribution < -0.4 is 24.8 Å². The topological polar surface area (TPSA) is 72.1 Å². The maximum absolute atomic E-state index is 14.9. The molecule has 35 heavy (non-hydrogen) atoms. The average molecular weight is 478 g/mol. The SMILES string of the molecule is COc1ccc(-c2cc(CNC(=O)c3ccc4c(c3)OCO4)ccc2F)cc1CN1CCNCC1. The van der Waals surface area contributed by atoms with Crippen LogP contribution in [0, 0.1) is 5.82 Å². The first-order valence-electron chi connectivity index (χ1n) is 11.7. The van der Waals surface area contributed by atoms with Gasteiger partial charge in [-0.1, -0.05) is 12.1 Å². The first kappa shape index (κ1) is 23.1. The van der Waals surface area contributed by atoms with Crippen molar-refractivity contribution in [3.8, 4) is 28.4 Å². The van der Waals surface area contributed by atoms with Gasteiger partial charge in [-0.25, -0.2) is 4.39 Å². The molecule has 0 atom stereocenters. The molecule has 2 aliphatic heterocycles. The van der Waals surface area contributed by atoms with Crippen molar-refractivity contribution in [2.24, 2.45) is 0 Å². The number of carbonyl (C=O) groups is 1. The van der Waals surface area contributed by atoms with Crippen LogP contribution in [-0.2, 0) is 13.1 Å². The normalized spacial score (nSPS) is 15.1. The lowest BCUT2D eigenvalue weighted by Crippen LogP contribution is -2.42. The molecule has 2 heterocycles. The number of hydrogen-bond donors (Lipinski definition) is 2. The highest BCUT2D eigenvalue weighted by Crippen LogP contribution is 2.33. The molecular weight excluding hydrogens is 449 g/mol. The largest absolute Gasteiger partial charge is 0.496 e. The molecule has 3 aromatic rings. The maximum Gasteiger partial charge on any atom is 0.251 e. The predicted molar refractivity (Wildman–Crippen MR) is 130 cm³/mol. The number of carbonyl (C=O) groups excluding carboxylic acids is 1. The van der Waals surface area contributed by atoms with Crippen molar-refractivity contribution in [3.05, 3.63) is 77.1 Å². The summed E-state index contributed by atoms with van der Waals surface area (Å²) >= 11 is 0. The highest BCUT2D eigenvalue weighted by atomic mass is 19.1. The number of halogens is 1. The van der Waals surface area contributed by atoms with Crippen LogP contribution in [0.5, 0.6) is 17.2 Å². The quantitative estimate of drug-likeness (QED) is 0.542. The summed E-state index contributed by atoms with van der Waals surface area (Å²) in [6.07, 6.45) is 0. The van der Waals surface area contributed by atoms with Crippen LogP contribution in [0.25, 0.3) is 11.1 Å². The lowest BCUT2D eigenvalue weighted by molar-refractivity contribution is 0.0950. The van der Waals surface area contributed by atoms with Crippen LogP contribution in [0.3, 0.4) is 0 Å². The van der Waals surface area contributed by atoms with Crippen LogP contribution in [0.1, 0.15) is 21.5 Å². The van der Waals surface area contributed by atoms with Gasteiger partial charge in [-0.05, 0) is 53.6 Å². The first-order chi connectivity index (χ1) is 17.1. The molecule has 1 saturated heterocycles. The van der Waals surface area contributed by atoms with Gasteiger partial charge >= 0.3 is 0 Å². The van der Waals surface area contributed by atoms with Crippen molar-refractivity contribution in [1.29, 1.82) is 0 Å². The van der Waals surface area contributed by atoms with Crippen LogP contribution >= 0.6 is 0 Å². The molecule has 2 N–H and O–H groups in total. The number of methoxy groups -OCH3 is 1. The van der Waals surface area contributed by atoms with Crippen LogP contribution in [-0.4, -0.2) is 50.9 Å². The molecule has 8 heteroatoms. The fraction of sp³-hybridized carbons (Fsp3) is 0.296. The van der Waals surface area contributed by atoms with E-state index >= 15 is 0 Å². The Hall–Kier alpha value is -3.62. The Morgan fingerprint density at radius 3 is 2.71 bits per heavy atom. The third-order valence-corrected chi connectivity index (χ3v) is 6.31. The smallest absolute Gasteiger partial charge is 0.251 e. The standard InChI is InChI=1S/C27H28FN3O4/c1-33-24-6-3-19(13-21(24)16-31-10-8-29-9-11-31)22-12-18(2-5-23(22)28)15-30-27(32)20-4-7-25-26(14-20)35-17-34-25/h2-7,12-14,29H,8-11,15-17H2,1H3,(H,30,32). The molecule has 0 aromatic heterocycles. The number of nitrogens with zero attached hydrogens (tertiary/aromatic N) is 1. The molecule has 182 valence electrons. The van der Waals surface area contributed by atoms with Gasteiger partial charge in [0.05, 0.1) is 7.11 Å². The average Bonchev–Trinajstić information content (AvgIpc) is 3.37. The van der Waals surface area contributed by atoms with Crippen molar-refractivity contribution in [3.63, 3.8) is 0 Å². The number of ether oxygens (including phenoxy) is 3. The lowest BCUT2D eigenvalue weighted by Gasteiger charge is -2.28. The van der Waals surface area contributed by atoms with E-state index in [-0.39, 0.29) is 25.1 Å². The lowest BCUT2D eigenvalue weighted by atomic mass is 9.99. The Morgan fingerprint density at radius 2 is 1.89 bits per heavy atom. The van der Waals surface area contributed by atoms with Crippen LogP contribution in [0.2, 0.25) is 0 Å². The van der Waals surface area contributed by atoms with Gasteiger partial charge in [0.15, 0.2) is 11.5 Å². The minimum absolute atomic E-state index is 0.154. The monoisotopic (exact) mass is 477 g/mol. The van der Waals surface area contributed by atoms with E-state index < -0.39 is 0 Å². The van der Waals surface area contributed by atoms with Gasteiger partial charge in [-0.2, -0.15) is 0 Å². The maximum atomic E-state index is 14.9. The summed E-state index contributed by atoms with van der Waals surface area (Å²) in [5.41, 5.74) is 3.56. The van der Waals surface area contributed by atoms with E-state index in [9.17, 15) is 9.18 Å².